The molecule has 0 amide bonds. The molecular weight excluding hydrogens is 250 g/mol. The second-order valence-corrected chi connectivity index (χ2v) is 5.53. The molecule has 0 bridgehead atoms. The smallest absolute Gasteiger partial charge is 0.337 e. The van der Waals surface area contributed by atoms with Gasteiger partial charge in [-0.1, -0.05) is 18.5 Å². The molecule has 0 unspecified atom stereocenters. The van der Waals surface area contributed by atoms with Gasteiger partial charge in [0, 0.05) is 11.1 Å². The molecule has 0 aliphatic heterocycles. The molecule has 1 saturated carbocycles. The fourth-order valence-corrected chi connectivity index (χ4v) is 2.62. The highest BCUT2D eigenvalue weighted by molar-refractivity contribution is 6.31. The van der Waals surface area contributed by atoms with Crippen LogP contribution in [0.4, 0.5) is 5.69 Å². The summed E-state index contributed by atoms with van der Waals surface area (Å²) in [4.78, 5) is 11.1. The van der Waals surface area contributed by atoms with Crippen LogP contribution in [0.3, 0.4) is 0 Å². The van der Waals surface area contributed by atoms with E-state index >= 15 is 0 Å². The number of rotatable bonds is 3. The van der Waals surface area contributed by atoms with Crippen molar-refractivity contribution in [3.8, 4) is 0 Å². The first-order valence-corrected chi connectivity index (χ1v) is 6.73. The van der Waals surface area contributed by atoms with Crippen LogP contribution in [0.2, 0.25) is 5.02 Å². The molecule has 0 atom stereocenters. The van der Waals surface area contributed by atoms with E-state index in [1.165, 1.54) is 12.8 Å². The van der Waals surface area contributed by atoms with E-state index in [0.717, 1.165) is 18.8 Å². The summed E-state index contributed by atoms with van der Waals surface area (Å²) in [5.41, 5.74) is 0.924. The normalized spacial score (nSPS) is 23.7. The Hall–Kier alpha value is -1.22. The van der Waals surface area contributed by atoms with Crippen molar-refractivity contribution >= 4 is 23.3 Å². The molecule has 1 aliphatic rings. The fourth-order valence-electron chi connectivity index (χ4n) is 2.45. The first kappa shape index (κ1) is 13.2. The Morgan fingerprint density at radius 2 is 2.00 bits per heavy atom. The summed E-state index contributed by atoms with van der Waals surface area (Å²) < 4.78 is 0. The van der Waals surface area contributed by atoms with Gasteiger partial charge in [0.25, 0.3) is 0 Å². The minimum atomic E-state index is -0.918. The number of benzene rings is 1. The molecule has 0 aromatic heterocycles. The SMILES string of the molecule is CC1CCC(Nc2cc(Cl)ccc2C(=O)O)CC1. The molecule has 0 radical (unpaired) electrons. The maximum atomic E-state index is 11.1. The lowest BCUT2D eigenvalue weighted by Crippen LogP contribution is -2.26. The monoisotopic (exact) mass is 267 g/mol. The average Bonchev–Trinajstić information content (AvgIpc) is 2.32. The molecule has 2 N–H and O–H groups in total. The molecule has 0 heterocycles. The number of anilines is 1. The van der Waals surface area contributed by atoms with Gasteiger partial charge in [-0.2, -0.15) is 0 Å². The highest BCUT2D eigenvalue weighted by Gasteiger charge is 2.20. The number of carbonyl (C=O) groups is 1. The van der Waals surface area contributed by atoms with Crippen molar-refractivity contribution in [3.63, 3.8) is 0 Å². The van der Waals surface area contributed by atoms with Gasteiger partial charge in [0.05, 0.1) is 11.3 Å². The van der Waals surface area contributed by atoms with Gasteiger partial charge in [-0.3, -0.25) is 0 Å². The molecule has 1 aliphatic carbocycles. The molecule has 4 heteroatoms. The van der Waals surface area contributed by atoms with Crippen LogP contribution >= 0.6 is 11.6 Å². The van der Waals surface area contributed by atoms with Crippen LogP contribution in [0.15, 0.2) is 18.2 Å². The third kappa shape index (κ3) is 3.16. The van der Waals surface area contributed by atoms with Gasteiger partial charge in [-0.25, -0.2) is 4.79 Å². The van der Waals surface area contributed by atoms with E-state index in [-0.39, 0.29) is 5.56 Å². The molecule has 2 rings (SSSR count). The van der Waals surface area contributed by atoms with Crippen LogP contribution in [-0.4, -0.2) is 17.1 Å². The molecule has 18 heavy (non-hydrogen) atoms. The van der Waals surface area contributed by atoms with E-state index < -0.39 is 5.97 Å². The highest BCUT2D eigenvalue weighted by atomic mass is 35.5. The van der Waals surface area contributed by atoms with Crippen LogP contribution in [-0.2, 0) is 0 Å². The minimum absolute atomic E-state index is 0.290. The number of hydrogen-bond donors (Lipinski definition) is 2. The first-order chi connectivity index (χ1) is 8.56. The van der Waals surface area contributed by atoms with Crippen molar-refractivity contribution < 1.29 is 9.90 Å². The quantitative estimate of drug-likeness (QED) is 0.869. The Morgan fingerprint density at radius 3 is 2.61 bits per heavy atom. The number of hydrogen-bond acceptors (Lipinski definition) is 2. The van der Waals surface area contributed by atoms with Crippen molar-refractivity contribution in [3.05, 3.63) is 28.8 Å². The summed E-state index contributed by atoms with van der Waals surface area (Å²) in [6.07, 6.45) is 4.57. The van der Waals surface area contributed by atoms with E-state index in [9.17, 15) is 4.79 Å². The van der Waals surface area contributed by atoms with Gasteiger partial charge in [-0.15, -0.1) is 0 Å². The minimum Gasteiger partial charge on any atom is -0.478 e. The Labute approximate surface area is 112 Å². The number of carboxylic acid groups (broad SMARTS) is 1. The van der Waals surface area contributed by atoms with Crippen molar-refractivity contribution in [1.82, 2.24) is 0 Å². The van der Waals surface area contributed by atoms with Crippen molar-refractivity contribution in [2.45, 2.75) is 38.6 Å². The van der Waals surface area contributed by atoms with Crippen molar-refractivity contribution in [2.24, 2.45) is 5.92 Å². The van der Waals surface area contributed by atoms with Gasteiger partial charge >= 0.3 is 5.97 Å². The zero-order chi connectivity index (χ0) is 13.1. The zero-order valence-electron chi connectivity index (χ0n) is 10.4. The summed E-state index contributed by atoms with van der Waals surface area (Å²) in [5, 5.41) is 13.0. The van der Waals surface area contributed by atoms with E-state index in [1.54, 1.807) is 18.2 Å². The van der Waals surface area contributed by atoms with E-state index in [0.29, 0.717) is 16.8 Å². The highest BCUT2D eigenvalue weighted by Crippen LogP contribution is 2.28. The average molecular weight is 268 g/mol. The summed E-state index contributed by atoms with van der Waals surface area (Å²) >= 11 is 5.93. The largest absolute Gasteiger partial charge is 0.478 e. The van der Waals surface area contributed by atoms with E-state index in [4.69, 9.17) is 16.7 Å². The number of halogens is 1. The van der Waals surface area contributed by atoms with Crippen LogP contribution in [0.25, 0.3) is 0 Å². The predicted octanol–water partition coefficient (Wildman–Crippen LogP) is 4.03. The Morgan fingerprint density at radius 1 is 1.33 bits per heavy atom. The lowest BCUT2D eigenvalue weighted by Gasteiger charge is -2.28. The van der Waals surface area contributed by atoms with Crippen LogP contribution < -0.4 is 5.32 Å². The molecule has 1 aromatic rings. The lowest BCUT2D eigenvalue weighted by molar-refractivity contribution is 0.0698. The van der Waals surface area contributed by atoms with Crippen LogP contribution in [0, 0.1) is 5.92 Å². The van der Waals surface area contributed by atoms with Crippen LogP contribution in [0.1, 0.15) is 43.0 Å². The summed E-state index contributed by atoms with van der Waals surface area (Å²) in [6, 6.07) is 5.22. The number of nitrogens with one attached hydrogen (secondary N) is 1. The Kier molecular flexibility index (Phi) is 4.12. The molecular formula is C14H18ClNO2. The maximum Gasteiger partial charge on any atom is 0.337 e. The number of aromatic carboxylic acids is 1. The zero-order valence-corrected chi connectivity index (χ0v) is 11.2. The van der Waals surface area contributed by atoms with Crippen LogP contribution in [0.5, 0.6) is 0 Å². The summed E-state index contributed by atoms with van der Waals surface area (Å²) in [6.45, 7) is 2.26. The lowest BCUT2D eigenvalue weighted by atomic mass is 9.87. The number of carboxylic acids is 1. The maximum absolute atomic E-state index is 11.1. The molecule has 1 fully saturated rings. The van der Waals surface area contributed by atoms with E-state index in [2.05, 4.69) is 12.2 Å². The third-order valence-electron chi connectivity index (χ3n) is 3.59. The molecule has 98 valence electrons. The van der Waals surface area contributed by atoms with Crippen molar-refractivity contribution in [2.75, 3.05) is 5.32 Å². The standard InChI is InChI=1S/C14H18ClNO2/c1-9-2-5-11(6-3-9)16-13-8-10(15)4-7-12(13)14(17)18/h4,7-9,11,16H,2-3,5-6H2,1H3,(H,17,18). The third-order valence-corrected chi connectivity index (χ3v) is 3.82. The summed E-state index contributed by atoms with van der Waals surface area (Å²) in [7, 11) is 0. The van der Waals surface area contributed by atoms with Gasteiger partial charge in [0.15, 0.2) is 0 Å². The topological polar surface area (TPSA) is 49.3 Å². The van der Waals surface area contributed by atoms with Gasteiger partial charge in [0.1, 0.15) is 0 Å². The second-order valence-electron chi connectivity index (χ2n) is 5.10. The van der Waals surface area contributed by atoms with E-state index in [1.807, 2.05) is 0 Å². The molecule has 3 nitrogen and oxygen atoms in total. The molecule has 0 saturated heterocycles. The van der Waals surface area contributed by atoms with Gasteiger partial charge < -0.3 is 10.4 Å². The first-order valence-electron chi connectivity index (χ1n) is 6.35. The molecule has 0 spiro atoms. The fraction of sp³-hybridized carbons (Fsp3) is 0.500. The van der Waals surface area contributed by atoms with Gasteiger partial charge in [-0.05, 0) is 49.8 Å². The summed E-state index contributed by atoms with van der Waals surface area (Å²) in [5.74, 6) is -0.139. The second kappa shape index (κ2) is 5.61. The van der Waals surface area contributed by atoms with Gasteiger partial charge in [0.2, 0.25) is 0 Å². The van der Waals surface area contributed by atoms with Crippen molar-refractivity contribution in [1.29, 1.82) is 0 Å². The Balaban J connectivity index is 2.12. The molecule has 1 aromatic carbocycles. The predicted molar refractivity (Wildman–Crippen MR) is 73.5 cm³/mol. The Bertz CT molecular complexity index is 439.